The first-order valence-corrected chi connectivity index (χ1v) is 8.87. The average molecular weight is 358 g/mol. The molecule has 1 aromatic carbocycles. The highest BCUT2D eigenvalue weighted by molar-refractivity contribution is 6.35. The van der Waals surface area contributed by atoms with Crippen molar-refractivity contribution in [2.75, 3.05) is 19.7 Å². The van der Waals surface area contributed by atoms with Gasteiger partial charge in [-0.15, -0.1) is 0 Å². The van der Waals surface area contributed by atoms with Gasteiger partial charge in [-0.05, 0) is 50.0 Å². The quantitative estimate of drug-likeness (QED) is 0.660. The van der Waals surface area contributed by atoms with Gasteiger partial charge in [0, 0.05) is 23.5 Å². The van der Waals surface area contributed by atoms with Crippen LogP contribution in [0.3, 0.4) is 0 Å². The second-order valence-electron chi connectivity index (χ2n) is 6.43. The fourth-order valence-corrected chi connectivity index (χ4v) is 3.54. The van der Waals surface area contributed by atoms with Gasteiger partial charge in [-0.3, -0.25) is 4.98 Å². The zero-order valence-corrected chi connectivity index (χ0v) is 14.5. The molecular weight excluding hydrogens is 338 g/mol. The first kappa shape index (κ1) is 16.2. The number of benzene rings is 1. The molecule has 0 atom stereocenters. The number of hydrogen-bond donors (Lipinski definition) is 3. The standard InChI is InChI=1S/C19H20ClN3O2/c20-16-1-2-17(24)18-15(10-23-19(16)18)13-7-14(9-22-8-13)25-11-12-3-5-21-6-4-12/h1-2,7-10,12,21,23-24H,3-6,11H2. The Morgan fingerprint density at radius 3 is 2.92 bits per heavy atom. The van der Waals surface area contributed by atoms with Gasteiger partial charge in [0.05, 0.1) is 28.7 Å². The highest BCUT2D eigenvalue weighted by atomic mass is 35.5. The van der Waals surface area contributed by atoms with Gasteiger partial charge in [0.25, 0.3) is 0 Å². The molecule has 2 aromatic heterocycles. The molecule has 0 amide bonds. The summed E-state index contributed by atoms with van der Waals surface area (Å²) < 4.78 is 5.96. The molecular formula is C19H20ClN3O2. The minimum atomic E-state index is 0.191. The number of hydrogen-bond acceptors (Lipinski definition) is 4. The summed E-state index contributed by atoms with van der Waals surface area (Å²) in [5, 5.41) is 14.9. The zero-order chi connectivity index (χ0) is 17.2. The van der Waals surface area contributed by atoms with E-state index in [1.807, 2.05) is 12.3 Å². The highest BCUT2D eigenvalue weighted by Crippen LogP contribution is 2.38. The van der Waals surface area contributed by atoms with Gasteiger partial charge in [0.15, 0.2) is 0 Å². The van der Waals surface area contributed by atoms with Gasteiger partial charge in [-0.1, -0.05) is 11.6 Å². The van der Waals surface area contributed by atoms with Crippen LogP contribution < -0.4 is 10.1 Å². The van der Waals surface area contributed by atoms with E-state index in [4.69, 9.17) is 16.3 Å². The second-order valence-corrected chi connectivity index (χ2v) is 6.84. The van der Waals surface area contributed by atoms with Crippen molar-refractivity contribution < 1.29 is 9.84 Å². The van der Waals surface area contributed by atoms with E-state index in [2.05, 4.69) is 15.3 Å². The normalized spacial score (nSPS) is 15.6. The first-order chi connectivity index (χ1) is 12.2. The summed E-state index contributed by atoms with van der Waals surface area (Å²) in [4.78, 5) is 7.43. The highest BCUT2D eigenvalue weighted by Gasteiger charge is 2.15. The Hall–Kier alpha value is -2.24. The molecule has 25 heavy (non-hydrogen) atoms. The van der Waals surface area contributed by atoms with E-state index in [0.29, 0.717) is 22.9 Å². The molecule has 1 fully saturated rings. The number of aromatic amines is 1. The SMILES string of the molecule is Oc1ccc(Cl)c2[nH]cc(-c3cncc(OCC4CCNCC4)c3)c12. The van der Waals surface area contributed by atoms with E-state index in [9.17, 15) is 5.11 Å². The number of aromatic hydroxyl groups is 1. The predicted octanol–water partition coefficient (Wildman–Crippen LogP) is 3.97. The lowest BCUT2D eigenvalue weighted by atomic mass is 9.99. The van der Waals surface area contributed by atoms with E-state index in [1.54, 1.807) is 24.5 Å². The molecule has 0 spiro atoms. The molecule has 1 aliphatic heterocycles. The van der Waals surface area contributed by atoms with Gasteiger partial charge in [-0.25, -0.2) is 0 Å². The smallest absolute Gasteiger partial charge is 0.138 e. The number of rotatable bonds is 4. The first-order valence-electron chi connectivity index (χ1n) is 8.50. The van der Waals surface area contributed by atoms with Gasteiger partial charge < -0.3 is 20.1 Å². The van der Waals surface area contributed by atoms with E-state index < -0.39 is 0 Å². The molecule has 0 unspecified atom stereocenters. The number of phenolic OH excluding ortho intramolecular Hbond substituents is 1. The van der Waals surface area contributed by atoms with Crippen molar-refractivity contribution in [2.24, 2.45) is 5.92 Å². The lowest BCUT2D eigenvalue weighted by Crippen LogP contribution is -2.30. The van der Waals surface area contributed by atoms with Crippen LogP contribution in [0.25, 0.3) is 22.0 Å². The summed E-state index contributed by atoms with van der Waals surface area (Å²) in [5.74, 6) is 1.52. The van der Waals surface area contributed by atoms with Gasteiger partial charge in [0.1, 0.15) is 11.5 Å². The van der Waals surface area contributed by atoms with Crippen molar-refractivity contribution >= 4 is 22.5 Å². The molecule has 1 aliphatic rings. The summed E-state index contributed by atoms with van der Waals surface area (Å²) >= 11 is 6.21. The third kappa shape index (κ3) is 3.30. The summed E-state index contributed by atoms with van der Waals surface area (Å²) in [6.07, 6.45) is 7.61. The lowest BCUT2D eigenvalue weighted by Gasteiger charge is -2.22. The average Bonchev–Trinajstić information content (AvgIpc) is 3.11. The molecule has 130 valence electrons. The van der Waals surface area contributed by atoms with Crippen molar-refractivity contribution in [1.29, 1.82) is 0 Å². The zero-order valence-electron chi connectivity index (χ0n) is 13.8. The van der Waals surface area contributed by atoms with Crippen LogP contribution in [0.2, 0.25) is 5.02 Å². The minimum Gasteiger partial charge on any atom is -0.507 e. The maximum atomic E-state index is 10.2. The number of phenols is 1. The Morgan fingerprint density at radius 2 is 2.08 bits per heavy atom. The monoisotopic (exact) mass is 357 g/mol. The van der Waals surface area contributed by atoms with Crippen molar-refractivity contribution in [3.63, 3.8) is 0 Å². The van der Waals surface area contributed by atoms with Crippen molar-refractivity contribution in [3.8, 4) is 22.6 Å². The molecule has 3 aromatic rings. The Bertz CT molecular complexity index is 888. The van der Waals surface area contributed by atoms with Crippen LogP contribution in [0.1, 0.15) is 12.8 Å². The summed E-state index contributed by atoms with van der Waals surface area (Å²) in [6, 6.07) is 5.24. The number of nitrogens with one attached hydrogen (secondary N) is 2. The topological polar surface area (TPSA) is 70.2 Å². The van der Waals surface area contributed by atoms with Crippen molar-refractivity contribution in [1.82, 2.24) is 15.3 Å². The van der Waals surface area contributed by atoms with E-state index in [0.717, 1.165) is 48.3 Å². The molecule has 3 N–H and O–H groups in total. The molecule has 3 heterocycles. The molecule has 6 heteroatoms. The fourth-order valence-electron chi connectivity index (χ4n) is 3.33. The molecule has 1 saturated heterocycles. The molecule has 5 nitrogen and oxygen atoms in total. The third-order valence-electron chi connectivity index (χ3n) is 4.73. The second kappa shape index (κ2) is 6.94. The Kier molecular flexibility index (Phi) is 4.51. The van der Waals surface area contributed by atoms with Crippen molar-refractivity contribution in [2.45, 2.75) is 12.8 Å². The van der Waals surface area contributed by atoms with Crippen LogP contribution in [-0.2, 0) is 0 Å². The number of nitrogens with zero attached hydrogens (tertiary/aromatic N) is 1. The summed E-state index contributed by atoms with van der Waals surface area (Å²) in [5.41, 5.74) is 2.46. The van der Waals surface area contributed by atoms with Crippen LogP contribution in [-0.4, -0.2) is 34.8 Å². The van der Waals surface area contributed by atoms with Crippen LogP contribution in [0.4, 0.5) is 0 Å². The fraction of sp³-hybridized carbons (Fsp3) is 0.316. The molecule has 0 bridgehead atoms. The molecule has 0 saturated carbocycles. The van der Waals surface area contributed by atoms with Crippen molar-refractivity contribution in [3.05, 3.63) is 41.8 Å². The summed E-state index contributed by atoms with van der Waals surface area (Å²) in [7, 11) is 0. The van der Waals surface area contributed by atoms with E-state index >= 15 is 0 Å². The number of aromatic nitrogens is 2. The number of pyridine rings is 1. The Balaban J connectivity index is 1.60. The van der Waals surface area contributed by atoms with Crippen LogP contribution in [0.5, 0.6) is 11.5 Å². The largest absolute Gasteiger partial charge is 0.507 e. The minimum absolute atomic E-state index is 0.191. The van der Waals surface area contributed by atoms with Crippen LogP contribution >= 0.6 is 11.6 Å². The number of piperidine rings is 1. The number of ether oxygens (including phenoxy) is 1. The van der Waals surface area contributed by atoms with Crippen LogP contribution in [0, 0.1) is 5.92 Å². The number of fused-ring (bicyclic) bond motifs is 1. The molecule has 4 rings (SSSR count). The number of H-pyrrole nitrogens is 1. The van der Waals surface area contributed by atoms with Gasteiger partial charge in [0.2, 0.25) is 0 Å². The van der Waals surface area contributed by atoms with E-state index in [1.165, 1.54) is 0 Å². The maximum absolute atomic E-state index is 10.2. The van der Waals surface area contributed by atoms with Crippen LogP contribution in [0.15, 0.2) is 36.8 Å². The summed E-state index contributed by atoms with van der Waals surface area (Å²) in [6.45, 7) is 2.82. The number of halogens is 1. The Morgan fingerprint density at radius 1 is 1.24 bits per heavy atom. The van der Waals surface area contributed by atoms with Gasteiger partial charge in [-0.2, -0.15) is 0 Å². The molecule has 0 aliphatic carbocycles. The lowest BCUT2D eigenvalue weighted by molar-refractivity contribution is 0.214. The molecule has 0 radical (unpaired) electrons. The predicted molar refractivity (Wildman–Crippen MR) is 99.3 cm³/mol. The maximum Gasteiger partial charge on any atom is 0.138 e. The Labute approximate surface area is 151 Å². The van der Waals surface area contributed by atoms with E-state index in [-0.39, 0.29) is 5.75 Å². The third-order valence-corrected chi connectivity index (χ3v) is 5.05. The van der Waals surface area contributed by atoms with Gasteiger partial charge >= 0.3 is 0 Å².